The minimum absolute atomic E-state index is 0.0642. The van der Waals surface area contributed by atoms with Crippen LogP contribution >= 0.6 is 0 Å². The van der Waals surface area contributed by atoms with Crippen molar-refractivity contribution >= 4 is 5.91 Å². The van der Waals surface area contributed by atoms with E-state index in [2.05, 4.69) is 10.3 Å². The molecule has 1 aromatic heterocycles. The molecule has 1 saturated carbocycles. The van der Waals surface area contributed by atoms with Crippen molar-refractivity contribution in [2.24, 2.45) is 0 Å². The maximum atomic E-state index is 11.8. The van der Waals surface area contributed by atoms with Gasteiger partial charge in [0.05, 0.1) is 6.33 Å². The normalized spacial score (nSPS) is 15.6. The predicted octanol–water partition coefficient (Wildman–Crippen LogP) is 1.25. The molecular formula is C14H21N3O2. The lowest BCUT2D eigenvalue weighted by Gasteiger charge is -2.12. The van der Waals surface area contributed by atoms with E-state index in [4.69, 9.17) is 0 Å². The quantitative estimate of drug-likeness (QED) is 0.869. The van der Waals surface area contributed by atoms with Gasteiger partial charge in [-0.15, -0.1) is 0 Å². The third-order valence-electron chi connectivity index (χ3n) is 3.48. The van der Waals surface area contributed by atoms with Gasteiger partial charge in [-0.05, 0) is 19.3 Å². The summed E-state index contributed by atoms with van der Waals surface area (Å²) in [4.78, 5) is 27.9. The van der Waals surface area contributed by atoms with Crippen LogP contribution in [0.25, 0.3) is 0 Å². The van der Waals surface area contributed by atoms with Gasteiger partial charge in [-0.1, -0.05) is 26.2 Å². The molecule has 0 radical (unpaired) electrons. The van der Waals surface area contributed by atoms with Crippen LogP contribution in [0.15, 0.2) is 17.2 Å². The van der Waals surface area contributed by atoms with Gasteiger partial charge in [0, 0.05) is 17.8 Å². The molecule has 104 valence electrons. The summed E-state index contributed by atoms with van der Waals surface area (Å²) >= 11 is 0. The second-order valence-electron chi connectivity index (χ2n) is 5.15. The number of amides is 1. The van der Waals surface area contributed by atoms with Gasteiger partial charge >= 0.3 is 0 Å². The summed E-state index contributed by atoms with van der Waals surface area (Å²) in [5, 5.41) is 2.97. The molecule has 0 unspecified atom stereocenters. The molecule has 19 heavy (non-hydrogen) atoms. The van der Waals surface area contributed by atoms with E-state index in [0.29, 0.717) is 0 Å². The van der Waals surface area contributed by atoms with Crippen molar-refractivity contribution < 1.29 is 4.79 Å². The Kier molecular flexibility index (Phi) is 4.71. The molecular weight excluding hydrogens is 242 g/mol. The molecule has 5 nitrogen and oxygen atoms in total. The van der Waals surface area contributed by atoms with Crippen LogP contribution in [0.3, 0.4) is 0 Å². The van der Waals surface area contributed by atoms with E-state index in [9.17, 15) is 9.59 Å². The van der Waals surface area contributed by atoms with Gasteiger partial charge in [0.25, 0.3) is 5.56 Å². The van der Waals surface area contributed by atoms with E-state index in [1.54, 1.807) is 0 Å². The zero-order valence-electron chi connectivity index (χ0n) is 11.4. The summed E-state index contributed by atoms with van der Waals surface area (Å²) in [6.07, 6.45) is 7.68. The number of carbonyl (C=O) groups is 1. The Balaban J connectivity index is 1.94. The molecule has 0 saturated heterocycles. The lowest BCUT2D eigenvalue weighted by Crippen LogP contribution is -2.37. The Morgan fingerprint density at radius 3 is 2.84 bits per heavy atom. The van der Waals surface area contributed by atoms with Crippen molar-refractivity contribution in [2.75, 3.05) is 0 Å². The fraction of sp³-hybridized carbons (Fsp3) is 0.643. The number of carbonyl (C=O) groups excluding carboxylic acids is 1. The summed E-state index contributed by atoms with van der Waals surface area (Å²) < 4.78 is 1.36. The van der Waals surface area contributed by atoms with Crippen LogP contribution in [-0.2, 0) is 17.8 Å². The SMILES string of the molecule is CCCc1cc(=O)n(CC(=O)NC2CCCC2)cn1. The average molecular weight is 263 g/mol. The van der Waals surface area contributed by atoms with Crippen molar-refractivity contribution in [1.82, 2.24) is 14.9 Å². The van der Waals surface area contributed by atoms with Gasteiger partial charge in [-0.3, -0.25) is 14.2 Å². The number of nitrogens with zero attached hydrogens (tertiary/aromatic N) is 2. The zero-order chi connectivity index (χ0) is 13.7. The maximum Gasteiger partial charge on any atom is 0.253 e. The largest absolute Gasteiger partial charge is 0.352 e. The Morgan fingerprint density at radius 1 is 1.47 bits per heavy atom. The molecule has 1 heterocycles. The maximum absolute atomic E-state index is 11.8. The van der Waals surface area contributed by atoms with E-state index < -0.39 is 0 Å². The van der Waals surface area contributed by atoms with Crippen LogP contribution in [0.4, 0.5) is 0 Å². The number of hydrogen-bond donors (Lipinski definition) is 1. The van der Waals surface area contributed by atoms with Gasteiger partial charge in [-0.2, -0.15) is 0 Å². The van der Waals surface area contributed by atoms with Gasteiger partial charge in [-0.25, -0.2) is 4.98 Å². The molecule has 0 atom stereocenters. The molecule has 2 rings (SSSR count). The summed E-state index contributed by atoms with van der Waals surface area (Å²) in [6, 6.07) is 1.81. The third-order valence-corrected chi connectivity index (χ3v) is 3.48. The molecule has 1 fully saturated rings. The van der Waals surface area contributed by atoms with Crippen molar-refractivity contribution in [3.63, 3.8) is 0 Å². The monoisotopic (exact) mass is 263 g/mol. The molecule has 0 bridgehead atoms. The highest BCUT2D eigenvalue weighted by Crippen LogP contribution is 2.17. The highest BCUT2D eigenvalue weighted by Gasteiger charge is 2.17. The predicted molar refractivity (Wildman–Crippen MR) is 72.9 cm³/mol. The number of aryl methyl sites for hydroxylation is 1. The van der Waals surface area contributed by atoms with Crippen molar-refractivity contribution in [2.45, 2.75) is 58.0 Å². The van der Waals surface area contributed by atoms with Crippen LogP contribution < -0.4 is 10.9 Å². The van der Waals surface area contributed by atoms with Crippen LogP contribution in [0.1, 0.15) is 44.7 Å². The number of aromatic nitrogens is 2. The first-order valence-electron chi connectivity index (χ1n) is 7.03. The van der Waals surface area contributed by atoms with E-state index in [-0.39, 0.29) is 24.1 Å². The van der Waals surface area contributed by atoms with E-state index in [1.165, 1.54) is 29.8 Å². The second-order valence-corrected chi connectivity index (χ2v) is 5.15. The van der Waals surface area contributed by atoms with Crippen molar-refractivity contribution in [3.8, 4) is 0 Å². The van der Waals surface area contributed by atoms with E-state index in [0.717, 1.165) is 31.4 Å². The first kappa shape index (κ1) is 13.8. The summed E-state index contributed by atoms with van der Waals surface area (Å²) in [5.74, 6) is -0.0981. The first-order chi connectivity index (χ1) is 9.19. The molecule has 1 amide bonds. The molecule has 1 aromatic rings. The molecule has 0 aliphatic heterocycles. The highest BCUT2D eigenvalue weighted by atomic mass is 16.2. The van der Waals surface area contributed by atoms with Gasteiger partial charge in [0.1, 0.15) is 6.54 Å². The van der Waals surface area contributed by atoms with Crippen LogP contribution in [0.5, 0.6) is 0 Å². The minimum atomic E-state index is -0.153. The Morgan fingerprint density at radius 2 is 2.21 bits per heavy atom. The lowest BCUT2D eigenvalue weighted by atomic mass is 10.2. The molecule has 1 aliphatic carbocycles. The topological polar surface area (TPSA) is 64.0 Å². The van der Waals surface area contributed by atoms with E-state index >= 15 is 0 Å². The highest BCUT2D eigenvalue weighted by molar-refractivity contribution is 5.76. The summed E-state index contributed by atoms with van der Waals surface area (Å²) in [6.45, 7) is 2.11. The fourth-order valence-corrected chi connectivity index (χ4v) is 2.47. The van der Waals surface area contributed by atoms with Crippen LogP contribution in [-0.4, -0.2) is 21.5 Å². The fourth-order valence-electron chi connectivity index (χ4n) is 2.47. The Hall–Kier alpha value is -1.65. The third kappa shape index (κ3) is 3.91. The van der Waals surface area contributed by atoms with Gasteiger partial charge in [0.15, 0.2) is 0 Å². The standard InChI is InChI=1S/C14H21N3O2/c1-2-5-12-8-14(19)17(10-15-12)9-13(18)16-11-6-3-4-7-11/h8,10-11H,2-7,9H2,1H3,(H,16,18). The molecule has 0 aromatic carbocycles. The smallest absolute Gasteiger partial charge is 0.253 e. The number of nitrogens with one attached hydrogen (secondary N) is 1. The van der Waals surface area contributed by atoms with Gasteiger partial charge in [0.2, 0.25) is 5.91 Å². The zero-order valence-corrected chi connectivity index (χ0v) is 11.4. The number of rotatable bonds is 5. The number of hydrogen-bond acceptors (Lipinski definition) is 3. The summed E-state index contributed by atoms with van der Waals surface area (Å²) in [5.41, 5.74) is 0.639. The molecule has 0 spiro atoms. The van der Waals surface area contributed by atoms with Crippen LogP contribution in [0.2, 0.25) is 0 Å². The summed E-state index contributed by atoms with van der Waals surface area (Å²) in [7, 11) is 0. The average Bonchev–Trinajstić information content (AvgIpc) is 2.86. The molecule has 5 heteroatoms. The minimum Gasteiger partial charge on any atom is -0.352 e. The first-order valence-corrected chi connectivity index (χ1v) is 7.03. The lowest BCUT2D eigenvalue weighted by molar-refractivity contribution is -0.122. The van der Waals surface area contributed by atoms with Crippen molar-refractivity contribution in [3.05, 3.63) is 28.4 Å². The second kappa shape index (κ2) is 6.50. The van der Waals surface area contributed by atoms with Crippen molar-refractivity contribution in [1.29, 1.82) is 0 Å². The molecule has 1 aliphatic rings. The Labute approximate surface area is 113 Å². The Bertz CT molecular complexity index is 490. The van der Waals surface area contributed by atoms with Crippen LogP contribution in [0, 0.1) is 0 Å². The van der Waals surface area contributed by atoms with E-state index in [1.807, 2.05) is 6.92 Å². The molecule has 1 N–H and O–H groups in total. The van der Waals surface area contributed by atoms with Gasteiger partial charge < -0.3 is 5.32 Å².